The largest absolute Gasteiger partial charge is 0.484 e. The van der Waals surface area contributed by atoms with Crippen molar-refractivity contribution in [2.45, 2.75) is 20.5 Å². The van der Waals surface area contributed by atoms with Crippen molar-refractivity contribution in [2.24, 2.45) is 0 Å². The smallest absolute Gasteiger partial charge is 0.275 e. The first-order chi connectivity index (χ1) is 12.6. The van der Waals surface area contributed by atoms with Crippen LogP contribution in [0, 0.1) is 6.92 Å². The molecule has 0 bridgehead atoms. The predicted molar refractivity (Wildman–Crippen MR) is 98.6 cm³/mol. The minimum atomic E-state index is -0.182. The Labute approximate surface area is 155 Å². The SMILES string of the molecule is CCN(CCOC)C(=O)c1coc(COc2ccc3sc(C)nc3c2)n1. The van der Waals surface area contributed by atoms with Crippen LogP contribution in [0.2, 0.25) is 0 Å². The Kier molecular flexibility index (Phi) is 5.85. The van der Waals surface area contributed by atoms with Gasteiger partial charge in [-0.1, -0.05) is 0 Å². The molecule has 138 valence electrons. The summed E-state index contributed by atoms with van der Waals surface area (Å²) in [5.74, 6) is 0.855. The van der Waals surface area contributed by atoms with Crippen molar-refractivity contribution in [1.29, 1.82) is 0 Å². The van der Waals surface area contributed by atoms with Crippen LogP contribution in [-0.2, 0) is 11.3 Å². The van der Waals surface area contributed by atoms with Crippen LogP contribution >= 0.6 is 11.3 Å². The van der Waals surface area contributed by atoms with Crippen molar-refractivity contribution in [3.8, 4) is 5.75 Å². The number of nitrogens with zero attached hydrogens (tertiary/aromatic N) is 3. The summed E-state index contributed by atoms with van der Waals surface area (Å²) in [4.78, 5) is 22.8. The summed E-state index contributed by atoms with van der Waals surface area (Å²) >= 11 is 1.64. The number of likely N-dealkylation sites (N-methyl/N-ethyl adjacent to an activating group) is 1. The average molecular weight is 375 g/mol. The highest BCUT2D eigenvalue weighted by atomic mass is 32.1. The van der Waals surface area contributed by atoms with Crippen molar-refractivity contribution in [2.75, 3.05) is 26.8 Å². The van der Waals surface area contributed by atoms with Gasteiger partial charge in [0, 0.05) is 26.3 Å². The van der Waals surface area contributed by atoms with Gasteiger partial charge in [0.05, 0.1) is 21.8 Å². The Morgan fingerprint density at radius 1 is 1.35 bits per heavy atom. The molecule has 0 radical (unpaired) electrons. The number of aryl methyl sites for hydroxylation is 1. The molecule has 0 atom stereocenters. The molecule has 7 nitrogen and oxygen atoms in total. The van der Waals surface area contributed by atoms with E-state index in [0.29, 0.717) is 31.3 Å². The van der Waals surface area contributed by atoms with Gasteiger partial charge < -0.3 is 18.8 Å². The molecule has 2 aromatic heterocycles. The van der Waals surface area contributed by atoms with Crippen LogP contribution < -0.4 is 4.74 Å². The lowest BCUT2D eigenvalue weighted by Crippen LogP contribution is -2.33. The average Bonchev–Trinajstić information content (AvgIpc) is 3.25. The Bertz CT molecular complexity index is 890. The summed E-state index contributed by atoms with van der Waals surface area (Å²) in [5.41, 5.74) is 1.18. The molecular weight excluding hydrogens is 354 g/mol. The quantitative estimate of drug-likeness (QED) is 0.601. The number of methoxy groups -OCH3 is 1. The molecule has 0 N–H and O–H groups in total. The Morgan fingerprint density at radius 2 is 2.19 bits per heavy atom. The molecule has 1 amide bonds. The molecule has 26 heavy (non-hydrogen) atoms. The van der Waals surface area contributed by atoms with Gasteiger partial charge in [-0.05, 0) is 26.0 Å². The Hall–Kier alpha value is -2.45. The number of hydrogen-bond donors (Lipinski definition) is 0. The molecule has 0 saturated heterocycles. The van der Waals surface area contributed by atoms with Crippen LogP contribution in [0.4, 0.5) is 0 Å². The highest BCUT2D eigenvalue weighted by molar-refractivity contribution is 7.18. The van der Waals surface area contributed by atoms with Crippen molar-refractivity contribution in [3.05, 3.63) is 41.1 Å². The van der Waals surface area contributed by atoms with Gasteiger partial charge in [-0.3, -0.25) is 4.79 Å². The maximum atomic E-state index is 12.4. The van der Waals surface area contributed by atoms with E-state index in [4.69, 9.17) is 13.9 Å². The van der Waals surface area contributed by atoms with E-state index in [1.165, 1.54) is 6.26 Å². The zero-order chi connectivity index (χ0) is 18.5. The highest BCUT2D eigenvalue weighted by Gasteiger charge is 2.18. The van der Waals surface area contributed by atoms with Crippen molar-refractivity contribution >= 4 is 27.5 Å². The second-order valence-corrected chi connectivity index (χ2v) is 6.89. The zero-order valence-electron chi connectivity index (χ0n) is 15.0. The summed E-state index contributed by atoms with van der Waals surface area (Å²) in [5, 5.41) is 1.02. The van der Waals surface area contributed by atoms with E-state index in [0.717, 1.165) is 15.2 Å². The molecule has 0 aliphatic heterocycles. The molecule has 3 aromatic rings. The maximum Gasteiger partial charge on any atom is 0.275 e. The topological polar surface area (TPSA) is 77.7 Å². The van der Waals surface area contributed by atoms with Gasteiger partial charge >= 0.3 is 0 Å². The number of ether oxygens (including phenoxy) is 2. The molecule has 8 heteroatoms. The number of carbonyl (C=O) groups is 1. The Balaban J connectivity index is 1.62. The summed E-state index contributed by atoms with van der Waals surface area (Å²) < 4.78 is 17.2. The molecule has 1 aromatic carbocycles. The third kappa shape index (κ3) is 4.20. The van der Waals surface area contributed by atoms with Crippen LogP contribution in [0.15, 0.2) is 28.9 Å². The third-order valence-corrected chi connectivity index (χ3v) is 4.79. The van der Waals surface area contributed by atoms with Gasteiger partial charge in [0.2, 0.25) is 5.89 Å². The second-order valence-electron chi connectivity index (χ2n) is 5.66. The number of carbonyl (C=O) groups excluding carboxylic acids is 1. The van der Waals surface area contributed by atoms with E-state index < -0.39 is 0 Å². The third-order valence-electron chi connectivity index (χ3n) is 3.83. The Morgan fingerprint density at radius 3 is 2.96 bits per heavy atom. The van der Waals surface area contributed by atoms with Gasteiger partial charge in [0.15, 0.2) is 12.3 Å². The normalized spacial score (nSPS) is 11.0. The minimum absolute atomic E-state index is 0.145. The molecule has 0 aliphatic carbocycles. The first kappa shape index (κ1) is 18.3. The summed E-state index contributed by atoms with van der Waals surface area (Å²) in [6, 6.07) is 5.75. The van der Waals surface area contributed by atoms with Crippen molar-refractivity contribution in [3.63, 3.8) is 0 Å². The molecule has 0 aliphatic rings. The van der Waals surface area contributed by atoms with E-state index in [1.54, 1.807) is 23.3 Å². The summed E-state index contributed by atoms with van der Waals surface area (Å²) in [7, 11) is 1.61. The van der Waals surface area contributed by atoms with Gasteiger partial charge in [-0.15, -0.1) is 11.3 Å². The lowest BCUT2D eigenvalue weighted by molar-refractivity contribution is 0.0700. The minimum Gasteiger partial charge on any atom is -0.484 e. The molecule has 0 spiro atoms. The maximum absolute atomic E-state index is 12.4. The molecule has 0 unspecified atom stereocenters. The van der Waals surface area contributed by atoms with E-state index in [-0.39, 0.29) is 18.2 Å². The van der Waals surface area contributed by atoms with Gasteiger partial charge in [-0.2, -0.15) is 0 Å². The number of benzene rings is 1. The monoisotopic (exact) mass is 375 g/mol. The highest BCUT2D eigenvalue weighted by Crippen LogP contribution is 2.26. The number of thiazole rings is 1. The van der Waals surface area contributed by atoms with E-state index in [1.807, 2.05) is 32.0 Å². The molecule has 0 saturated carbocycles. The fourth-order valence-electron chi connectivity index (χ4n) is 2.50. The zero-order valence-corrected chi connectivity index (χ0v) is 15.8. The van der Waals surface area contributed by atoms with Crippen LogP contribution in [0.25, 0.3) is 10.2 Å². The number of amides is 1. The van der Waals surface area contributed by atoms with E-state index in [9.17, 15) is 4.79 Å². The predicted octanol–water partition coefficient (Wildman–Crippen LogP) is 3.28. The molecule has 2 heterocycles. The number of aromatic nitrogens is 2. The molecule has 0 fully saturated rings. The number of hydrogen-bond acceptors (Lipinski definition) is 7. The van der Waals surface area contributed by atoms with Gasteiger partial charge in [0.25, 0.3) is 5.91 Å². The number of rotatable bonds is 8. The van der Waals surface area contributed by atoms with Crippen LogP contribution in [0.5, 0.6) is 5.75 Å². The standard InChI is InChI=1S/C18H21N3O4S/c1-4-21(7-8-23-3)18(22)15-10-25-17(20-15)11-24-13-5-6-16-14(9-13)19-12(2)26-16/h5-6,9-10H,4,7-8,11H2,1-3H3. The number of fused-ring (bicyclic) bond motifs is 1. The van der Waals surface area contributed by atoms with Crippen LogP contribution in [0.1, 0.15) is 28.3 Å². The lowest BCUT2D eigenvalue weighted by atomic mass is 10.3. The fourth-order valence-corrected chi connectivity index (χ4v) is 3.31. The number of oxazole rings is 1. The van der Waals surface area contributed by atoms with E-state index in [2.05, 4.69) is 9.97 Å². The summed E-state index contributed by atoms with van der Waals surface area (Å²) in [6.45, 7) is 5.60. The first-order valence-electron chi connectivity index (χ1n) is 8.33. The van der Waals surface area contributed by atoms with Crippen molar-refractivity contribution in [1.82, 2.24) is 14.9 Å². The van der Waals surface area contributed by atoms with Gasteiger partial charge in [-0.25, -0.2) is 9.97 Å². The molecular formula is C18H21N3O4S. The second kappa shape index (κ2) is 8.29. The van der Waals surface area contributed by atoms with Crippen molar-refractivity contribution < 1.29 is 18.7 Å². The lowest BCUT2D eigenvalue weighted by Gasteiger charge is -2.18. The molecule has 3 rings (SSSR count). The first-order valence-corrected chi connectivity index (χ1v) is 9.15. The van der Waals surface area contributed by atoms with Gasteiger partial charge in [0.1, 0.15) is 12.0 Å². The summed E-state index contributed by atoms with van der Waals surface area (Å²) in [6.07, 6.45) is 1.36. The fraction of sp³-hybridized carbons (Fsp3) is 0.389. The van der Waals surface area contributed by atoms with Crippen LogP contribution in [0.3, 0.4) is 0 Å². The van der Waals surface area contributed by atoms with Crippen LogP contribution in [-0.4, -0.2) is 47.6 Å². The van der Waals surface area contributed by atoms with E-state index >= 15 is 0 Å².